The van der Waals surface area contributed by atoms with Crippen LogP contribution in [0.3, 0.4) is 0 Å². The number of aromatic hydroxyl groups is 1. The average Bonchev–Trinajstić information content (AvgIpc) is 2.88. The predicted molar refractivity (Wildman–Crippen MR) is 142 cm³/mol. The van der Waals surface area contributed by atoms with Gasteiger partial charge in [-0.1, -0.05) is 37.6 Å². The lowest BCUT2D eigenvalue weighted by atomic mass is 9.64. The number of fused-ring (bicyclic) bond motifs is 2. The van der Waals surface area contributed by atoms with Gasteiger partial charge in [-0.05, 0) is 65.9 Å². The first-order valence-corrected chi connectivity index (χ1v) is 12.2. The van der Waals surface area contributed by atoms with E-state index in [9.17, 15) is 19.4 Å². The lowest BCUT2D eigenvalue weighted by molar-refractivity contribution is -0.0347. The molecule has 188 valence electrons. The molecular formula is C29H25ClFN3O3. The van der Waals surface area contributed by atoms with Crippen LogP contribution in [0.15, 0.2) is 71.5 Å². The predicted octanol–water partition coefficient (Wildman–Crippen LogP) is 5.76. The van der Waals surface area contributed by atoms with Crippen LogP contribution in [-0.4, -0.2) is 27.1 Å². The molecule has 0 saturated heterocycles. The van der Waals surface area contributed by atoms with Crippen molar-refractivity contribution in [2.24, 2.45) is 0 Å². The largest absolute Gasteiger partial charge is 0.506 e. The van der Waals surface area contributed by atoms with Gasteiger partial charge in [-0.25, -0.2) is 4.39 Å². The Balaban J connectivity index is 1.68. The monoisotopic (exact) mass is 517 g/mol. The molecule has 0 saturated carbocycles. The molecule has 6 nitrogen and oxygen atoms in total. The number of nitriles is 1. The van der Waals surface area contributed by atoms with E-state index >= 15 is 0 Å². The second-order valence-electron chi connectivity index (χ2n) is 10.1. The fraction of sp³-hybridized carbons (Fsp3) is 0.241. The van der Waals surface area contributed by atoms with Gasteiger partial charge in [0, 0.05) is 28.4 Å². The van der Waals surface area contributed by atoms with Gasteiger partial charge >= 0.3 is 0 Å². The van der Waals surface area contributed by atoms with Crippen molar-refractivity contribution >= 4 is 28.2 Å². The number of nitrogens with one attached hydrogen (secondary N) is 1. The molecule has 1 aliphatic carbocycles. The van der Waals surface area contributed by atoms with Gasteiger partial charge in [-0.2, -0.15) is 5.26 Å². The summed E-state index contributed by atoms with van der Waals surface area (Å²) in [6.45, 7) is 2.68. The smallest absolute Gasteiger partial charge is 0.255 e. The minimum atomic E-state index is -1.76. The molecule has 0 fully saturated rings. The van der Waals surface area contributed by atoms with Gasteiger partial charge < -0.3 is 15.5 Å². The van der Waals surface area contributed by atoms with E-state index in [4.69, 9.17) is 16.9 Å². The lowest BCUT2D eigenvalue weighted by Gasteiger charge is -2.47. The Morgan fingerprint density at radius 2 is 1.86 bits per heavy atom. The maximum absolute atomic E-state index is 14.5. The number of halogens is 2. The molecular weight excluding hydrogens is 493 g/mol. The zero-order valence-corrected chi connectivity index (χ0v) is 21.1. The quantitative estimate of drug-likeness (QED) is 0.320. The zero-order valence-electron chi connectivity index (χ0n) is 20.3. The third-order valence-electron chi connectivity index (χ3n) is 7.16. The molecule has 3 N–H and O–H groups in total. The van der Waals surface area contributed by atoms with E-state index < -0.39 is 23.7 Å². The fourth-order valence-electron chi connectivity index (χ4n) is 5.62. The highest BCUT2D eigenvalue weighted by atomic mass is 35.5. The van der Waals surface area contributed by atoms with Crippen LogP contribution in [0.25, 0.3) is 16.6 Å². The molecule has 0 radical (unpaired) electrons. The summed E-state index contributed by atoms with van der Waals surface area (Å²) in [5.74, 6) is -0.0792. The molecule has 1 aromatic heterocycles. The van der Waals surface area contributed by atoms with Gasteiger partial charge in [-0.15, -0.1) is 0 Å². The maximum Gasteiger partial charge on any atom is 0.255 e. The summed E-state index contributed by atoms with van der Waals surface area (Å²) in [4.78, 5) is 12.9. The number of anilines is 1. The van der Waals surface area contributed by atoms with Crippen molar-refractivity contribution in [3.63, 3.8) is 0 Å². The van der Waals surface area contributed by atoms with Crippen molar-refractivity contribution in [2.75, 3.05) is 12.0 Å². The summed E-state index contributed by atoms with van der Waals surface area (Å²) >= 11 is 6.22. The summed E-state index contributed by atoms with van der Waals surface area (Å²) in [6, 6.07) is 19.6. The molecule has 2 atom stereocenters. The van der Waals surface area contributed by atoms with Gasteiger partial charge in [0.15, 0.2) is 0 Å². The van der Waals surface area contributed by atoms with E-state index in [1.54, 1.807) is 54.6 Å². The zero-order chi connectivity index (χ0) is 26.5. The molecule has 0 aliphatic heterocycles. The van der Waals surface area contributed by atoms with E-state index in [1.165, 1.54) is 16.7 Å². The Hall–Kier alpha value is -3.86. The van der Waals surface area contributed by atoms with Crippen molar-refractivity contribution in [1.29, 1.82) is 5.26 Å². The first kappa shape index (κ1) is 24.8. The summed E-state index contributed by atoms with van der Waals surface area (Å²) in [5, 5.41) is 35.6. The van der Waals surface area contributed by atoms with Crippen LogP contribution in [0.4, 0.5) is 10.1 Å². The van der Waals surface area contributed by atoms with E-state index in [1.807, 2.05) is 13.8 Å². The highest BCUT2D eigenvalue weighted by molar-refractivity contribution is 6.32. The van der Waals surface area contributed by atoms with Gasteiger partial charge in [0.25, 0.3) is 5.56 Å². The van der Waals surface area contributed by atoms with E-state index in [-0.39, 0.29) is 22.8 Å². The molecule has 0 amide bonds. The van der Waals surface area contributed by atoms with Crippen molar-refractivity contribution < 1.29 is 14.6 Å². The number of nitrogens with zero attached hydrogens (tertiary/aromatic N) is 2. The van der Waals surface area contributed by atoms with Crippen molar-refractivity contribution in [1.82, 2.24) is 4.57 Å². The van der Waals surface area contributed by atoms with Crippen LogP contribution in [0.5, 0.6) is 5.75 Å². The molecule has 1 aliphatic rings. The summed E-state index contributed by atoms with van der Waals surface area (Å²) in [7, 11) is 0. The number of hydrogen-bond acceptors (Lipinski definition) is 5. The molecule has 8 heteroatoms. The molecule has 5 rings (SSSR count). The summed E-state index contributed by atoms with van der Waals surface area (Å²) < 4.78 is 16.0. The highest BCUT2D eigenvalue weighted by Gasteiger charge is 2.50. The van der Waals surface area contributed by atoms with Crippen molar-refractivity contribution in [3.05, 3.63) is 98.8 Å². The molecule has 37 heavy (non-hydrogen) atoms. The molecule has 0 spiro atoms. The third kappa shape index (κ3) is 4.03. The molecule has 2 unspecified atom stereocenters. The summed E-state index contributed by atoms with van der Waals surface area (Å²) in [6.07, 6.45) is 0.0514. The molecule has 1 heterocycles. The normalized spacial score (nSPS) is 20.3. The number of aromatic nitrogens is 1. The second kappa shape index (κ2) is 8.91. The maximum atomic E-state index is 14.5. The number of hydrogen-bond donors (Lipinski definition) is 3. The SMILES string of the molecule is CC1(C)CC(O)(CF)C(Nc2cccc3c2ccc(=O)n3-c2ccc(C#N)cc2)c2ccc(Cl)c(O)c21. The number of phenolic OH excluding ortho intramolecular Hbond substituents is 1. The van der Waals surface area contributed by atoms with Crippen molar-refractivity contribution in [2.45, 2.75) is 37.3 Å². The Morgan fingerprint density at radius 3 is 2.54 bits per heavy atom. The first-order chi connectivity index (χ1) is 17.6. The highest BCUT2D eigenvalue weighted by Crippen LogP contribution is 2.53. The van der Waals surface area contributed by atoms with Crippen LogP contribution in [0.2, 0.25) is 5.02 Å². The Kier molecular flexibility index (Phi) is 5.98. The van der Waals surface area contributed by atoms with Crippen LogP contribution in [0, 0.1) is 11.3 Å². The van der Waals surface area contributed by atoms with Gasteiger partial charge in [0.2, 0.25) is 0 Å². The Morgan fingerprint density at radius 1 is 1.14 bits per heavy atom. The average molecular weight is 518 g/mol. The van der Waals surface area contributed by atoms with E-state index in [0.717, 1.165) is 0 Å². The third-order valence-corrected chi connectivity index (χ3v) is 7.46. The fourth-order valence-corrected chi connectivity index (χ4v) is 5.78. The number of phenols is 1. The van der Waals surface area contributed by atoms with E-state index in [2.05, 4.69) is 11.4 Å². The van der Waals surface area contributed by atoms with Crippen LogP contribution >= 0.6 is 11.6 Å². The first-order valence-electron chi connectivity index (χ1n) is 11.8. The van der Waals surface area contributed by atoms with Crippen LogP contribution in [0.1, 0.15) is 43.0 Å². The number of benzene rings is 3. The molecule has 3 aromatic carbocycles. The minimum Gasteiger partial charge on any atom is -0.506 e. The standard InChI is InChI=1S/C29H25ClFN3O3/c1-28(2)15-29(37,16-31)27(20-10-12-21(30)26(36)25(20)28)33-22-4-3-5-23-19(22)11-13-24(35)34(23)18-8-6-17(14-32)7-9-18/h3-13,27,33,36-37H,15-16H2,1-2H3. The van der Waals surface area contributed by atoms with E-state index in [0.29, 0.717) is 39.0 Å². The number of alkyl halides is 1. The van der Waals surface area contributed by atoms with Crippen LogP contribution in [-0.2, 0) is 5.41 Å². The van der Waals surface area contributed by atoms with Gasteiger partial charge in [-0.3, -0.25) is 9.36 Å². The topological polar surface area (TPSA) is 98.3 Å². The number of aliphatic hydroxyl groups is 1. The Labute approximate surface area is 218 Å². The number of rotatable bonds is 4. The molecule has 4 aromatic rings. The number of pyridine rings is 1. The van der Waals surface area contributed by atoms with Crippen LogP contribution < -0.4 is 10.9 Å². The lowest BCUT2D eigenvalue weighted by Crippen LogP contribution is -2.51. The minimum absolute atomic E-state index is 0.0514. The van der Waals surface area contributed by atoms with Crippen molar-refractivity contribution in [3.8, 4) is 17.5 Å². The van der Waals surface area contributed by atoms with Gasteiger partial charge in [0.1, 0.15) is 18.0 Å². The van der Waals surface area contributed by atoms with Gasteiger partial charge in [0.05, 0.1) is 28.2 Å². The Bertz CT molecular complexity index is 1630. The second-order valence-corrected chi connectivity index (χ2v) is 10.5. The summed E-state index contributed by atoms with van der Waals surface area (Å²) in [5.41, 5.74) is 0.611. The molecule has 0 bridgehead atoms.